The van der Waals surface area contributed by atoms with Gasteiger partial charge >= 0.3 is 11.8 Å². The van der Waals surface area contributed by atoms with Gasteiger partial charge in [0.1, 0.15) is 11.4 Å². The first-order valence-corrected chi connectivity index (χ1v) is 8.01. The molecule has 1 amide bonds. The minimum atomic E-state index is -0.935. The number of nitro groups is 1. The lowest BCUT2D eigenvalue weighted by molar-refractivity contribution is -0.387. The molecular formula is C17H21FN2O5. The molecule has 7 nitrogen and oxygen atoms in total. The summed E-state index contributed by atoms with van der Waals surface area (Å²) in [7, 11) is 0. The molecule has 2 rings (SSSR count). The molecule has 0 spiro atoms. The van der Waals surface area contributed by atoms with Crippen LogP contribution in [0.15, 0.2) is 18.2 Å². The zero-order valence-electron chi connectivity index (χ0n) is 14.5. The molecule has 25 heavy (non-hydrogen) atoms. The van der Waals surface area contributed by atoms with Gasteiger partial charge in [0.15, 0.2) is 0 Å². The number of piperidine rings is 1. The third-order valence-electron chi connectivity index (χ3n) is 3.90. The van der Waals surface area contributed by atoms with Gasteiger partial charge in [0.25, 0.3) is 0 Å². The quantitative estimate of drug-likeness (QED) is 0.616. The van der Waals surface area contributed by atoms with Gasteiger partial charge in [-0.1, -0.05) is 12.1 Å². The second-order valence-corrected chi connectivity index (χ2v) is 7.05. The number of nitro benzene ring substituents is 1. The van der Waals surface area contributed by atoms with Crippen molar-refractivity contribution in [1.82, 2.24) is 4.90 Å². The summed E-state index contributed by atoms with van der Waals surface area (Å²) in [5, 5.41) is 10.8. The Hall–Kier alpha value is -2.51. The maximum atomic E-state index is 14.2. The van der Waals surface area contributed by atoms with Crippen LogP contribution in [0, 0.1) is 21.8 Å². The Kier molecular flexibility index (Phi) is 5.39. The minimum absolute atomic E-state index is 0.00560. The van der Waals surface area contributed by atoms with Crippen LogP contribution in [-0.2, 0) is 16.0 Å². The zero-order chi connectivity index (χ0) is 18.8. The van der Waals surface area contributed by atoms with Crippen molar-refractivity contribution in [3.8, 4) is 0 Å². The van der Waals surface area contributed by atoms with Crippen LogP contribution in [0.2, 0.25) is 0 Å². The van der Waals surface area contributed by atoms with Gasteiger partial charge in [-0.15, -0.1) is 0 Å². The SMILES string of the molecule is CC(C)(C)OC(=O)N1CCC(=O)C(Cc2cccc([N+](=O)[O-])c2F)C1. The molecule has 1 fully saturated rings. The zero-order valence-corrected chi connectivity index (χ0v) is 14.5. The average molecular weight is 352 g/mol. The highest BCUT2D eigenvalue weighted by Gasteiger charge is 2.33. The molecule has 136 valence electrons. The number of carbonyl (C=O) groups is 2. The largest absolute Gasteiger partial charge is 0.444 e. The summed E-state index contributed by atoms with van der Waals surface area (Å²) in [5.74, 6) is -1.64. The first-order chi connectivity index (χ1) is 11.6. The summed E-state index contributed by atoms with van der Waals surface area (Å²) in [5.41, 5.74) is -1.18. The molecule has 1 aliphatic rings. The molecule has 1 unspecified atom stereocenters. The van der Waals surface area contributed by atoms with E-state index < -0.39 is 34.0 Å². The van der Waals surface area contributed by atoms with Crippen molar-refractivity contribution in [2.75, 3.05) is 13.1 Å². The standard InChI is InChI=1S/C17H21FN2O5/c1-17(2,3)25-16(22)19-8-7-14(21)12(10-19)9-11-5-4-6-13(15(11)18)20(23)24/h4-6,12H,7-10H2,1-3H3. The van der Waals surface area contributed by atoms with Gasteiger partial charge in [-0.2, -0.15) is 4.39 Å². The minimum Gasteiger partial charge on any atom is -0.444 e. The van der Waals surface area contributed by atoms with E-state index in [1.54, 1.807) is 20.8 Å². The Bertz CT molecular complexity index is 699. The average Bonchev–Trinajstić information content (AvgIpc) is 2.49. The number of nitrogens with zero attached hydrogens (tertiary/aromatic N) is 2. The number of halogens is 1. The highest BCUT2D eigenvalue weighted by atomic mass is 19.1. The molecule has 0 bridgehead atoms. The number of rotatable bonds is 3. The molecule has 0 aromatic heterocycles. The van der Waals surface area contributed by atoms with Crippen LogP contribution in [0.25, 0.3) is 0 Å². The predicted octanol–water partition coefficient (Wildman–Crippen LogP) is 3.10. The number of Topliss-reactive ketones (excluding diaryl/α,β-unsaturated/α-hetero) is 1. The van der Waals surface area contributed by atoms with Crippen LogP contribution in [0.3, 0.4) is 0 Å². The van der Waals surface area contributed by atoms with Gasteiger partial charge in [-0.05, 0) is 32.8 Å². The van der Waals surface area contributed by atoms with Crippen LogP contribution < -0.4 is 0 Å². The van der Waals surface area contributed by atoms with Gasteiger partial charge in [0.05, 0.1) is 4.92 Å². The number of likely N-dealkylation sites (tertiary alicyclic amines) is 1. The summed E-state index contributed by atoms with van der Waals surface area (Å²) >= 11 is 0. The second kappa shape index (κ2) is 7.16. The lowest BCUT2D eigenvalue weighted by Gasteiger charge is -2.33. The van der Waals surface area contributed by atoms with E-state index in [0.717, 1.165) is 6.07 Å². The second-order valence-electron chi connectivity index (χ2n) is 7.05. The van der Waals surface area contributed by atoms with Gasteiger partial charge in [-0.25, -0.2) is 4.79 Å². The number of benzene rings is 1. The summed E-state index contributed by atoms with van der Waals surface area (Å²) in [6.45, 7) is 5.60. The number of amides is 1. The van der Waals surface area contributed by atoms with Crippen molar-refractivity contribution >= 4 is 17.6 Å². The molecule has 0 aliphatic carbocycles. The topological polar surface area (TPSA) is 89.8 Å². The molecular weight excluding hydrogens is 331 g/mol. The fraction of sp³-hybridized carbons (Fsp3) is 0.529. The first-order valence-electron chi connectivity index (χ1n) is 8.01. The van der Waals surface area contributed by atoms with Crippen LogP contribution in [0.5, 0.6) is 0 Å². The Balaban J connectivity index is 2.13. The van der Waals surface area contributed by atoms with E-state index in [0.29, 0.717) is 0 Å². The van der Waals surface area contributed by atoms with Crippen molar-refractivity contribution in [1.29, 1.82) is 0 Å². The Morgan fingerprint density at radius 1 is 1.44 bits per heavy atom. The monoisotopic (exact) mass is 352 g/mol. The van der Waals surface area contributed by atoms with Crippen LogP contribution >= 0.6 is 0 Å². The maximum absolute atomic E-state index is 14.2. The van der Waals surface area contributed by atoms with Crippen molar-refractivity contribution in [2.45, 2.75) is 39.2 Å². The number of ether oxygens (including phenoxy) is 1. The summed E-state index contributed by atoms with van der Waals surface area (Å²) in [6, 6.07) is 3.88. The maximum Gasteiger partial charge on any atom is 0.410 e. The van der Waals surface area contributed by atoms with Crippen LogP contribution in [0.4, 0.5) is 14.9 Å². The van der Waals surface area contributed by atoms with Gasteiger partial charge < -0.3 is 9.64 Å². The lowest BCUT2D eigenvalue weighted by atomic mass is 9.90. The molecule has 0 N–H and O–H groups in total. The van der Waals surface area contributed by atoms with Gasteiger partial charge in [-0.3, -0.25) is 14.9 Å². The molecule has 1 atom stereocenters. The van der Waals surface area contributed by atoms with Gasteiger partial charge in [0.2, 0.25) is 5.82 Å². The van der Waals surface area contributed by atoms with E-state index in [2.05, 4.69) is 0 Å². The summed E-state index contributed by atoms with van der Waals surface area (Å²) < 4.78 is 19.5. The van der Waals surface area contributed by atoms with E-state index in [1.807, 2.05) is 0 Å². The van der Waals surface area contributed by atoms with E-state index in [9.17, 15) is 24.1 Å². The number of hydrogen-bond acceptors (Lipinski definition) is 5. The fourth-order valence-electron chi connectivity index (χ4n) is 2.71. The number of carbonyl (C=O) groups excluding carboxylic acids is 2. The van der Waals surface area contributed by atoms with Gasteiger partial charge in [0, 0.05) is 31.5 Å². The lowest BCUT2D eigenvalue weighted by Crippen LogP contribution is -2.46. The highest BCUT2D eigenvalue weighted by molar-refractivity contribution is 5.84. The number of ketones is 1. The molecule has 8 heteroatoms. The smallest absolute Gasteiger partial charge is 0.410 e. The molecule has 0 saturated carbocycles. The normalized spacial score (nSPS) is 18.2. The summed E-state index contributed by atoms with van der Waals surface area (Å²) in [4.78, 5) is 35.8. The summed E-state index contributed by atoms with van der Waals surface area (Å²) in [6.07, 6.45) is -0.365. The Morgan fingerprint density at radius 2 is 2.12 bits per heavy atom. The number of hydrogen-bond donors (Lipinski definition) is 0. The van der Waals surface area contributed by atoms with Crippen molar-refractivity contribution in [3.63, 3.8) is 0 Å². The Morgan fingerprint density at radius 3 is 2.72 bits per heavy atom. The van der Waals surface area contributed by atoms with Crippen molar-refractivity contribution < 1.29 is 23.6 Å². The van der Waals surface area contributed by atoms with E-state index in [4.69, 9.17) is 4.74 Å². The molecule has 1 aliphatic heterocycles. The van der Waals surface area contributed by atoms with E-state index >= 15 is 0 Å². The molecule has 1 aromatic carbocycles. The van der Waals surface area contributed by atoms with Crippen LogP contribution in [-0.4, -0.2) is 40.4 Å². The third kappa shape index (κ3) is 4.74. The third-order valence-corrected chi connectivity index (χ3v) is 3.90. The van der Waals surface area contributed by atoms with E-state index in [1.165, 1.54) is 17.0 Å². The predicted molar refractivity (Wildman–Crippen MR) is 87.7 cm³/mol. The van der Waals surface area contributed by atoms with E-state index in [-0.39, 0.29) is 37.3 Å². The molecule has 1 heterocycles. The highest BCUT2D eigenvalue weighted by Crippen LogP contribution is 2.25. The fourth-order valence-corrected chi connectivity index (χ4v) is 2.71. The van der Waals surface area contributed by atoms with Crippen LogP contribution in [0.1, 0.15) is 32.8 Å². The first kappa shape index (κ1) is 18.8. The molecule has 1 aromatic rings. The molecule has 0 radical (unpaired) electrons. The van der Waals surface area contributed by atoms with Crippen molar-refractivity contribution in [3.05, 3.63) is 39.7 Å². The Labute approximate surface area is 144 Å². The molecule has 1 saturated heterocycles. The van der Waals surface area contributed by atoms with Crippen molar-refractivity contribution in [2.24, 2.45) is 5.92 Å².